The summed E-state index contributed by atoms with van der Waals surface area (Å²) in [5, 5.41) is 5.81. The van der Waals surface area contributed by atoms with Gasteiger partial charge < -0.3 is 0 Å². The normalized spacial score (nSPS) is 10.6. The van der Waals surface area contributed by atoms with Crippen LogP contribution in [0.3, 0.4) is 0 Å². The van der Waals surface area contributed by atoms with Gasteiger partial charge in [0.15, 0.2) is 0 Å². The Balaban J connectivity index is 1.82. The maximum Gasteiger partial charge on any atom is 0.245 e. The summed E-state index contributed by atoms with van der Waals surface area (Å²) in [6.45, 7) is 0. The maximum atomic E-state index is 11.5. The molecule has 0 saturated heterocycles. The van der Waals surface area contributed by atoms with Crippen LogP contribution in [0.2, 0.25) is 0 Å². The molecule has 0 atom stereocenters. The molecule has 2 aromatic rings. The van der Waals surface area contributed by atoms with Crippen molar-refractivity contribution in [2.45, 2.75) is 6.42 Å². The number of pyridine rings is 1. The third-order valence-electron chi connectivity index (χ3n) is 2.00. The highest BCUT2D eigenvalue weighted by Crippen LogP contribution is 2.08. The SMILES string of the molecule is O=C(Cc1cccs1)N/N=C\c1cccnc1. The summed E-state index contributed by atoms with van der Waals surface area (Å²) in [5.41, 5.74) is 3.33. The molecule has 0 fully saturated rings. The lowest BCUT2D eigenvalue weighted by Crippen LogP contribution is -2.19. The van der Waals surface area contributed by atoms with Gasteiger partial charge in [0.1, 0.15) is 0 Å². The summed E-state index contributed by atoms with van der Waals surface area (Å²) in [6.07, 6.45) is 5.29. The number of thiophene rings is 1. The lowest BCUT2D eigenvalue weighted by Gasteiger charge is -1.96. The lowest BCUT2D eigenvalue weighted by molar-refractivity contribution is -0.120. The molecule has 0 aliphatic heterocycles. The molecule has 0 aliphatic rings. The van der Waals surface area contributed by atoms with Gasteiger partial charge in [-0.15, -0.1) is 11.3 Å². The third kappa shape index (κ3) is 3.81. The molecule has 86 valence electrons. The van der Waals surface area contributed by atoms with Crippen LogP contribution in [0.1, 0.15) is 10.4 Å². The highest BCUT2D eigenvalue weighted by atomic mass is 32.1. The minimum Gasteiger partial charge on any atom is -0.273 e. The quantitative estimate of drug-likeness (QED) is 0.660. The number of hydrazone groups is 1. The molecular formula is C12H11N3OS. The lowest BCUT2D eigenvalue weighted by atomic mass is 10.3. The third-order valence-corrected chi connectivity index (χ3v) is 2.88. The van der Waals surface area contributed by atoms with Crippen LogP contribution in [-0.4, -0.2) is 17.1 Å². The molecule has 0 aliphatic carbocycles. The van der Waals surface area contributed by atoms with Gasteiger partial charge in [-0.3, -0.25) is 9.78 Å². The van der Waals surface area contributed by atoms with E-state index in [1.54, 1.807) is 29.9 Å². The fraction of sp³-hybridized carbons (Fsp3) is 0.0833. The first-order valence-corrected chi connectivity index (χ1v) is 5.97. The second kappa shape index (κ2) is 5.91. The molecule has 0 aromatic carbocycles. The summed E-state index contributed by atoms with van der Waals surface area (Å²) >= 11 is 1.56. The number of carbonyl (C=O) groups is 1. The molecule has 0 spiro atoms. The molecule has 2 aromatic heterocycles. The topological polar surface area (TPSA) is 54.4 Å². The van der Waals surface area contributed by atoms with Crippen LogP contribution < -0.4 is 5.43 Å². The summed E-state index contributed by atoms with van der Waals surface area (Å²) < 4.78 is 0. The van der Waals surface area contributed by atoms with Crippen molar-refractivity contribution in [3.05, 3.63) is 52.5 Å². The Morgan fingerprint density at radius 3 is 3.12 bits per heavy atom. The minimum atomic E-state index is -0.118. The van der Waals surface area contributed by atoms with Crippen molar-refractivity contribution >= 4 is 23.5 Å². The Morgan fingerprint density at radius 2 is 2.41 bits per heavy atom. The number of aromatic nitrogens is 1. The van der Waals surface area contributed by atoms with Gasteiger partial charge in [-0.1, -0.05) is 12.1 Å². The van der Waals surface area contributed by atoms with Crippen molar-refractivity contribution in [2.75, 3.05) is 0 Å². The van der Waals surface area contributed by atoms with Crippen molar-refractivity contribution in [3.8, 4) is 0 Å². The van der Waals surface area contributed by atoms with E-state index in [4.69, 9.17) is 0 Å². The minimum absolute atomic E-state index is 0.118. The van der Waals surface area contributed by atoms with E-state index in [0.29, 0.717) is 6.42 Å². The first-order chi connectivity index (χ1) is 8.34. The van der Waals surface area contributed by atoms with Gasteiger partial charge in [0.25, 0.3) is 0 Å². The Kier molecular flexibility index (Phi) is 3.99. The highest BCUT2D eigenvalue weighted by molar-refractivity contribution is 7.10. The number of nitrogens with zero attached hydrogens (tertiary/aromatic N) is 2. The van der Waals surface area contributed by atoms with Crippen molar-refractivity contribution < 1.29 is 4.79 Å². The maximum absolute atomic E-state index is 11.5. The Morgan fingerprint density at radius 1 is 1.47 bits per heavy atom. The van der Waals surface area contributed by atoms with Gasteiger partial charge in [0, 0.05) is 22.8 Å². The van der Waals surface area contributed by atoms with E-state index >= 15 is 0 Å². The second-order valence-electron chi connectivity index (χ2n) is 3.34. The van der Waals surface area contributed by atoms with Crippen LogP contribution >= 0.6 is 11.3 Å². The van der Waals surface area contributed by atoms with Crippen molar-refractivity contribution in [1.82, 2.24) is 10.4 Å². The average Bonchev–Trinajstić information content (AvgIpc) is 2.83. The van der Waals surface area contributed by atoms with E-state index in [-0.39, 0.29) is 5.91 Å². The number of carbonyl (C=O) groups excluding carboxylic acids is 1. The van der Waals surface area contributed by atoms with E-state index in [9.17, 15) is 4.79 Å². The molecule has 5 heteroatoms. The first kappa shape index (κ1) is 11.5. The summed E-state index contributed by atoms with van der Waals surface area (Å²) in [5.74, 6) is -0.118. The van der Waals surface area contributed by atoms with Gasteiger partial charge in [-0.2, -0.15) is 5.10 Å². The molecule has 0 radical (unpaired) electrons. The first-order valence-electron chi connectivity index (χ1n) is 5.09. The standard InChI is InChI=1S/C12H11N3OS/c16-12(7-11-4-2-6-17-11)15-14-9-10-3-1-5-13-8-10/h1-6,8-9H,7H2,(H,15,16)/b14-9-. The zero-order valence-electron chi connectivity index (χ0n) is 9.04. The van der Waals surface area contributed by atoms with E-state index in [2.05, 4.69) is 15.5 Å². The van der Waals surface area contributed by atoms with E-state index < -0.39 is 0 Å². The molecule has 1 N–H and O–H groups in total. The van der Waals surface area contributed by atoms with E-state index in [1.165, 1.54) is 0 Å². The molecule has 2 rings (SSSR count). The predicted molar refractivity (Wildman–Crippen MR) is 68.0 cm³/mol. The number of rotatable bonds is 4. The van der Waals surface area contributed by atoms with Crippen molar-refractivity contribution in [3.63, 3.8) is 0 Å². The number of nitrogens with one attached hydrogen (secondary N) is 1. The zero-order valence-corrected chi connectivity index (χ0v) is 9.85. The number of amides is 1. The highest BCUT2D eigenvalue weighted by Gasteiger charge is 2.01. The average molecular weight is 245 g/mol. The smallest absolute Gasteiger partial charge is 0.245 e. The Hall–Kier alpha value is -2.01. The van der Waals surface area contributed by atoms with Crippen LogP contribution in [0.4, 0.5) is 0 Å². The summed E-state index contributed by atoms with van der Waals surface area (Å²) in [6, 6.07) is 7.53. The number of hydrogen-bond donors (Lipinski definition) is 1. The summed E-state index contributed by atoms with van der Waals surface area (Å²) in [4.78, 5) is 16.4. The van der Waals surface area contributed by atoms with Crippen LogP contribution in [0, 0.1) is 0 Å². The molecular weight excluding hydrogens is 234 g/mol. The largest absolute Gasteiger partial charge is 0.273 e. The van der Waals surface area contributed by atoms with Crippen LogP contribution in [0.25, 0.3) is 0 Å². The van der Waals surface area contributed by atoms with Gasteiger partial charge in [0.05, 0.1) is 12.6 Å². The molecule has 4 nitrogen and oxygen atoms in total. The van der Waals surface area contributed by atoms with E-state index in [0.717, 1.165) is 10.4 Å². The van der Waals surface area contributed by atoms with Gasteiger partial charge >= 0.3 is 0 Å². The fourth-order valence-corrected chi connectivity index (χ4v) is 1.95. The number of hydrogen-bond acceptors (Lipinski definition) is 4. The van der Waals surface area contributed by atoms with E-state index in [1.807, 2.05) is 29.6 Å². The fourth-order valence-electron chi connectivity index (χ4n) is 1.24. The van der Waals surface area contributed by atoms with Crippen molar-refractivity contribution in [1.29, 1.82) is 0 Å². The molecule has 0 unspecified atom stereocenters. The molecule has 0 saturated carbocycles. The molecule has 0 bridgehead atoms. The predicted octanol–water partition coefficient (Wildman–Crippen LogP) is 1.84. The summed E-state index contributed by atoms with van der Waals surface area (Å²) in [7, 11) is 0. The molecule has 1 amide bonds. The van der Waals surface area contributed by atoms with Crippen LogP contribution in [0.15, 0.2) is 47.1 Å². The van der Waals surface area contributed by atoms with Gasteiger partial charge in [0.2, 0.25) is 5.91 Å². The van der Waals surface area contributed by atoms with Crippen LogP contribution in [0.5, 0.6) is 0 Å². The zero-order chi connectivity index (χ0) is 11.9. The van der Waals surface area contributed by atoms with Crippen molar-refractivity contribution in [2.24, 2.45) is 5.10 Å². The van der Waals surface area contributed by atoms with Gasteiger partial charge in [-0.25, -0.2) is 5.43 Å². The Labute approximate surface area is 103 Å². The monoisotopic (exact) mass is 245 g/mol. The Bertz CT molecular complexity index is 494. The van der Waals surface area contributed by atoms with Crippen LogP contribution in [-0.2, 0) is 11.2 Å². The molecule has 17 heavy (non-hydrogen) atoms. The molecule has 2 heterocycles. The second-order valence-corrected chi connectivity index (χ2v) is 4.37. The van der Waals surface area contributed by atoms with Gasteiger partial charge in [-0.05, 0) is 17.5 Å².